The molecule has 2 heterocycles. The van der Waals surface area contributed by atoms with Gasteiger partial charge in [0.25, 0.3) is 0 Å². The Kier molecular flexibility index (Phi) is 9.70. The first-order valence-corrected chi connectivity index (χ1v) is 11.7. The maximum Gasteiger partial charge on any atom is 0.191 e. The lowest BCUT2D eigenvalue weighted by Crippen LogP contribution is -2.41. The Labute approximate surface area is 181 Å². The van der Waals surface area contributed by atoms with Crippen molar-refractivity contribution in [2.75, 3.05) is 44.3 Å². The molecule has 1 atom stereocenters. The number of aromatic nitrogens is 1. The Morgan fingerprint density at radius 1 is 1.30 bits per heavy atom. The molecule has 0 amide bonds. The highest BCUT2D eigenvalue weighted by Gasteiger charge is 2.18. The number of hydrogen-bond acceptors (Lipinski definition) is 5. The van der Waals surface area contributed by atoms with E-state index in [1.165, 1.54) is 32.1 Å². The molecule has 30 heavy (non-hydrogen) atoms. The van der Waals surface area contributed by atoms with E-state index in [0.717, 1.165) is 63.2 Å². The first-order valence-electron chi connectivity index (χ1n) is 11.7. The second kappa shape index (κ2) is 12.7. The van der Waals surface area contributed by atoms with Crippen LogP contribution in [0.25, 0.3) is 0 Å². The van der Waals surface area contributed by atoms with E-state index in [4.69, 9.17) is 14.5 Å². The zero-order valence-electron chi connectivity index (χ0n) is 18.7. The van der Waals surface area contributed by atoms with E-state index < -0.39 is 0 Å². The maximum absolute atomic E-state index is 6.01. The summed E-state index contributed by atoms with van der Waals surface area (Å²) in [6.45, 7) is 9.88. The van der Waals surface area contributed by atoms with Gasteiger partial charge >= 0.3 is 0 Å². The fraction of sp³-hybridized carbons (Fsp3) is 0.739. The number of hydrogen-bond donors (Lipinski definition) is 2. The molecule has 3 rings (SSSR count). The Hall–Kier alpha value is -1.86. The van der Waals surface area contributed by atoms with Gasteiger partial charge in [-0.2, -0.15) is 0 Å². The molecule has 168 valence electrons. The molecule has 0 spiro atoms. The predicted octanol–water partition coefficient (Wildman–Crippen LogP) is 3.10. The van der Waals surface area contributed by atoms with Gasteiger partial charge in [-0.3, -0.25) is 0 Å². The summed E-state index contributed by atoms with van der Waals surface area (Å²) in [5.41, 5.74) is 1.16. The zero-order chi connectivity index (χ0) is 21.0. The van der Waals surface area contributed by atoms with Crippen LogP contribution in [0.2, 0.25) is 0 Å². The number of nitrogens with zero attached hydrogens (tertiary/aromatic N) is 3. The number of guanidine groups is 1. The number of morpholine rings is 1. The summed E-state index contributed by atoms with van der Waals surface area (Å²) < 4.78 is 11.6. The van der Waals surface area contributed by atoms with Crippen molar-refractivity contribution < 1.29 is 9.47 Å². The molecule has 1 aliphatic carbocycles. The molecular weight excluding hydrogens is 378 g/mol. The molecule has 1 saturated carbocycles. The van der Waals surface area contributed by atoms with E-state index in [1.807, 2.05) is 12.3 Å². The summed E-state index contributed by atoms with van der Waals surface area (Å²) >= 11 is 0. The van der Waals surface area contributed by atoms with Crippen molar-refractivity contribution in [1.29, 1.82) is 0 Å². The summed E-state index contributed by atoms with van der Waals surface area (Å²) in [6.07, 6.45) is 10.1. The SMILES string of the molecule is CCNC(=NCc1ccnc(N2CCOC(C)C2)c1)NCCCOC1CCCCC1. The minimum atomic E-state index is 0.244. The smallest absolute Gasteiger partial charge is 0.191 e. The van der Waals surface area contributed by atoms with Gasteiger partial charge < -0.3 is 25.0 Å². The number of ether oxygens (including phenoxy) is 2. The summed E-state index contributed by atoms with van der Waals surface area (Å²) in [5, 5.41) is 6.76. The van der Waals surface area contributed by atoms with E-state index in [9.17, 15) is 0 Å². The molecule has 1 aromatic rings. The van der Waals surface area contributed by atoms with Crippen molar-refractivity contribution in [3.63, 3.8) is 0 Å². The quantitative estimate of drug-likeness (QED) is 0.365. The highest BCUT2D eigenvalue weighted by molar-refractivity contribution is 5.79. The van der Waals surface area contributed by atoms with E-state index >= 15 is 0 Å². The summed E-state index contributed by atoms with van der Waals surface area (Å²) in [4.78, 5) is 11.6. The van der Waals surface area contributed by atoms with Crippen molar-refractivity contribution in [3.8, 4) is 0 Å². The Balaban J connectivity index is 1.43. The second-order valence-corrected chi connectivity index (χ2v) is 8.26. The molecule has 1 aromatic heterocycles. The van der Waals surface area contributed by atoms with Crippen LogP contribution in [0.15, 0.2) is 23.3 Å². The molecular formula is C23H39N5O2. The third-order valence-electron chi connectivity index (χ3n) is 5.66. The molecule has 0 bridgehead atoms. The topological polar surface area (TPSA) is 71.0 Å². The normalized spacial score (nSPS) is 20.9. The number of anilines is 1. The maximum atomic E-state index is 6.01. The van der Waals surface area contributed by atoms with Crippen LogP contribution >= 0.6 is 0 Å². The minimum Gasteiger partial charge on any atom is -0.378 e. The van der Waals surface area contributed by atoms with Gasteiger partial charge in [0.2, 0.25) is 0 Å². The van der Waals surface area contributed by atoms with Crippen LogP contribution in [0.1, 0.15) is 57.9 Å². The van der Waals surface area contributed by atoms with Gasteiger partial charge in [-0.25, -0.2) is 9.98 Å². The number of aliphatic imine (C=N–C) groups is 1. The monoisotopic (exact) mass is 417 g/mol. The van der Waals surface area contributed by atoms with E-state index in [2.05, 4.69) is 40.4 Å². The van der Waals surface area contributed by atoms with Crippen molar-refractivity contribution in [1.82, 2.24) is 15.6 Å². The number of nitrogens with one attached hydrogen (secondary N) is 2. The van der Waals surface area contributed by atoms with Gasteiger partial charge in [-0.05, 0) is 50.8 Å². The van der Waals surface area contributed by atoms with Crippen LogP contribution in [0.4, 0.5) is 5.82 Å². The van der Waals surface area contributed by atoms with Crippen LogP contribution in [0.3, 0.4) is 0 Å². The largest absolute Gasteiger partial charge is 0.378 e. The molecule has 7 heteroatoms. The molecule has 7 nitrogen and oxygen atoms in total. The summed E-state index contributed by atoms with van der Waals surface area (Å²) in [6, 6.07) is 4.18. The fourth-order valence-corrected chi connectivity index (χ4v) is 4.03. The lowest BCUT2D eigenvalue weighted by atomic mass is 9.98. The minimum absolute atomic E-state index is 0.244. The molecule has 2 fully saturated rings. The third-order valence-corrected chi connectivity index (χ3v) is 5.66. The summed E-state index contributed by atoms with van der Waals surface area (Å²) in [5.74, 6) is 1.86. The molecule has 0 radical (unpaired) electrons. The molecule has 1 saturated heterocycles. The van der Waals surface area contributed by atoms with Crippen LogP contribution in [-0.4, -0.2) is 62.5 Å². The van der Waals surface area contributed by atoms with Crippen molar-refractivity contribution >= 4 is 11.8 Å². The average molecular weight is 418 g/mol. The highest BCUT2D eigenvalue weighted by Crippen LogP contribution is 2.20. The fourth-order valence-electron chi connectivity index (χ4n) is 4.03. The van der Waals surface area contributed by atoms with Gasteiger partial charge in [-0.1, -0.05) is 19.3 Å². The molecule has 0 aromatic carbocycles. The van der Waals surface area contributed by atoms with Crippen molar-refractivity contribution in [3.05, 3.63) is 23.9 Å². The molecule has 2 N–H and O–H groups in total. The Morgan fingerprint density at radius 2 is 2.17 bits per heavy atom. The van der Waals surface area contributed by atoms with Crippen LogP contribution in [0.5, 0.6) is 0 Å². The van der Waals surface area contributed by atoms with Gasteiger partial charge in [-0.15, -0.1) is 0 Å². The van der Waals surface area contributed by atoms with Gasteiger partial charge in [0, 0.05) is 39.0 Å². The lowest BCUT2D eigenvalue weighted by Gasteiger charge is -2.32. The predicted molar refractivity (Wildman–Crippen MR) is 122 cm³/mol. The van der Waals surface area contributed by atoms with Gasteiger partial charge in [0.1, 0.15) is 5.82 Å². The summed E-state index contributed by atoms with van der Waals surface area (Å²) in [7, 11) is 0. The highest BCUT2D eigenvalue weighted by atomic mass is 16.5. The standard InChI is InChI=1S/C23H39N5O2/c1-3-24-23(26-11-7-14-30-21-8-5-4-6-9-21)27-17-20-10-12-25-22(16-20)28-13-15-29-19(2)18-28/h10,12,16,19,21H,3-9,11,13-15,17-18H2,1-2H3,(H2,24,26,27). The average Bonchev–Trinajstić information content (AvgIpc) is 2.78. The van der Waals surface area contributed by atoms with Crippen LogP contribution in [0, 0.1) is 0 Å². The lowest BCUT2D eigenvalue weighted by molar-refractivity contribution is 0.0277. The zero-order valence-corrected chi connectivity index (χ0v) is 18.7. The van der Waals surface area contributed by atoms with Crippen molar-refractivity contribution in [2.24, 2.45) is 4.99 Å². The van der Waals surface area contributed by atoms with Gasteiger partial charge in [0.15, 0.2) is 5.96 Å². The second-order valence-electron chi connectivity index (χ2n) is 8.26. The Bertz CT molecular complexity index is 648. The first-order chi connectivity index (χ1) is 14.7. The van der Waals surface area contributed by atoms with E-state index in [-0.39, 0.29) is 6.10 Å². The number of pyridine rings is 1. The molecule has 1 unspecified atom stereocenters. The van der Waals surface area contributed by atoms with E-state index in [1.54, 1.807) is 0 Å². The Morgan fingerprint density at radius 3 is 2.97 bits per heavy atom. The molecule has 1 aliphatic heterocycles. The van der Waals surface area contributed by atoms with Gasteiger partial charge in [0.05, 0.1) is 25.4 Å². The molecule has 2 aliphatic rings. The number of rotatable bonds is 9. The first kappa shape index (κ1) is 22.8. The van der Waals surface area contributed by atoms with Crippen molar-refractivity contribution in [2.45, 2.75) is 71.1 Å². The third kappa shape index (κ3) is 7.76. The van der Waals surface area contributed by atoms with E-state index in [0.29, 0.717) is 12.6 Å². The van der Waals surface area contributed by atoms with Crippen LogP contribution in [-0.2, 0) is 16.0 Å². The van der Waals surface area contributed by atoms with Crippen LogP contribution < -0.4 is 15.5 Å².